The lowest BCUT2D eigenvalue weighted by Crippen LogP contribution is -2.43. The standard InChI is InChI=1S/C13H17BrN2O3S/c14-9-6-12(16(7-9)11-3-4-11)13(17)15-10-2-1-5-20(18,19)8-10/h6-7,10-11H,1-5,8H2,(H,15,17). The van der Waals surface area contributed by atoms with E-state index in [1.165, 1.54) is 0 Å². The summed E-state index contributed by atoms with van der Waals surface area (Å²) in [6.07, 6.45) is 5.47. The van der Waals surface area contributed by atoms with Crippen molar-refractivity contribution >= 4 is 31.7 Å². The smallest absolute Gasteiger partial charge is 0.268 e. The molecule has 2 heterocycles. The fraction of sp³-hybridized carbons (Fsp3) is 0.615. The van der Waals surface area contributed by atoms with Gasteiger partial charge in [-0.2, -0.15) is 0 Å². The maximum Gasteiger partial charge on any atom is 0.268 e. The van der Waals surface area contributed by atoms with Gasteiger partial charge in [0.2, 0.25) is 0 Å². The van der Waals surface area contributed by atoms with Gasteiger partial charge in [0.05, 0.1) is 11.5 Å². The summed E-state index contributed by atoms with van der Waals surface area (Å²) in [6.45, 7) is 0. The molecule has 2 aliphatic rings. The van der Waals surface area contributed by atoms with Crippen molar-refractivity contribution in [2.75, 3.05) is 11.5 Å². The SMILES string of the molecule is O=C(NC1CCCS(=O)(=O)C1)c1cc(Br)cn1C1CC1. The third kappa shape index (κ3) is 3.09. The number of halogens is 1. The topological polar surface area (TPSA) is 68.2 Å². The van der Waals surface area contributed by atoms with Crippen LogP contribution in [0.4, 0.5) is 0 Å². The second-order valence-electron chi connectivity index (χ2n) is 5.61. The van der Waals surface area contributed by atoms with Crippen molar-refractivity contribution in [2.24, 2.45) is 0 Å². The minimum Gasteiger partial charge on any atom is -0.347 e. The molecule has 3 rings (SSSR count). The molecule has 1 aromatic rings. The van der Waals surface area contributed by atoms with E-state index in [0.717, 1.165) is 23.7 Å². The Hall–Kier alpha value is -0.820. The molecule has 0 bridgehead atoms. The lowest BCUT2D eigenvalue weighted by Gasteiger charge is -2.23. The van der Waals surface area contributed by atoms with E-state index < -0.39 is 9.84 Å². The van der Waals surface area contributed by atoms with E-state index in [0.29, 0.717) is 18.2 Å². The molecule has 1 amide bonds. The van der Waals surface area contributed by atoms with Gasteiger partial charge in [-0.3, -0.25) is 4.79 Å². The molecule has 1 aliphatic heterocycles. The summed E-state index contributed by atoms with van der Waals surface area (Å²) >= 11 is 3.39. The van der Waals surface area contributed by atoms with Gasteiger partial charge in [-0.05, 0) is 47.7 Å². The first-order valence-corrected chi connectivity index (χ1v) is 9.45. The van der Waals surface area contributed by atoms with Crippen LogP contribution in [-0.2, 0) is 9.84 Å². The highest BCUT2D eigenvalue weighted by atomic mass is 79.9. The van der Waals surface area contributed by atoms with Gasteiger partial charge in [0.1, 0.15) is 5.69 Å². The Bertz CT molecular complexity index is 634. The quantitative estimate of drug-likeness (QED) is 0.894. The maximum absolute atomic E-state index is 12.3. The van der Waals surface area contributed by atoms with Crippen LogP contribution < -0.4 is 5.32 Å². The van der Waals surface area contributed by atoms with Gasteiger partial charge >= 0.3 is 0 Å². The molecule has 20 heavy (non-hydrogen) atoms. The van der Waals surface area contributed by atoms with E-state index in [2.05, 4.69) is 21.2 Å². The van der Waals surface area contributed by atoms with Crippen molar-refractivity contribution in [3.63, 3.8) is 0 Å². The lowest BCUT2D eigenvalue weighted by molar-refractivity contribution is 0.0928. The van der Waals surface area contributed by atoms with Crippen LogP contribution in [0.1, 0.15) is 42.2 Å². The first-order valence-electron chi connectivity index (χ1n) is 6.83. The lowest BCUT2D eigenvalue weighted by atomic mass is 10.2. The van der Waals surface area contributed by atoms with E-state index in [4.69, 9.17) is 0 Å². The zero-order chi connectivity index (χ0) is 14.3. The summed E-state index contributed by atoms with van der Waals surface area (Å²) in [6, 6.07) is 1.95. The van der Waals surface area contributed by atoms with Crippen LogP contribution in [0.15, 0.2) is 16.7 Å². The van der Waals surface area contributed by atoms with Gasteiger partial charge in [-0.25, -0.2) is 8.42 Å². The summed E-state index contributed by atoms with van der Waals surface area (Å²) in [4.78, 5) is 12.3. The van der Waals surface area contributed by atoms with Crippen LogP contribution in [0.3, 0.4) is 0 Å². The van der Waals surface area contributed by atoms with E-state index in [-0.39, 0.29) is 23.5 Å². The van der Waals surface area contributed by atoms with E-state index >= 15 is 0 Å². The highest BCUT2D eigenvalue weighted by Gasteiger charge is 2.30. The highest BCUT2D eigenvalue weighted by molar-refractivity contribution is 9.10. The first kappa shape index (κ1) is 14.1. The average molecular weight is 361 g/mol. The molecule has 1 saturated carbocycles. The summed E-state index contributed by atoms with van der Waals surface area (Å²) < 4.78 is 26.1. The summed E-state index contributed by atoms with van der Waals surface area (Å²) in [7, 11) is -3.00. The van der Waals surface area contributed by atoms with Crippen LogP contribution in [-0.4, -0.2) is 36.4 Å². The van der Waals surface area contributed by atoms with Gasteiger partial charge in [0.15, 0.2) is 9.84 Å². The molecule has 0 spiro atoms. The fourth-order valence-electron chi connectivity index (χ4n) is 2.68. The van der Waals surface area contributed by atoms with Crippen molar-refractivity contribution in [2.45, 2.75) is 37.8 Å². The monoisotopic (exact) mass is 360 g/mol. The van der Waals surface area contributed by atoms with Crippen molar-refractivity contribution in [1.82, 2.24) is 9.88 Å². The van der Waals surface area contributed by atoms with E-state index in [1.54, 1.807) is 6.07 Å². The van der Waals surface area contributed by atoms with Crippen LogP contribution in [0.5, 0.6) is 0 Å². The molecule has 1 atom stereocenters. The number of hydrogen-bond acceptors (Lipinski definition) is 3. The van der Waals surface area contributed by atoms with E-state index in [9.17, 15) is 13.2 Å². The molecule has 1 aromatic heterocycles. The molecular weight excluding hydrogens is 344 g/mol. The number of hydrogen-bond donors (Lipinski definition) is 1. The van der Waals surface area contributed by atoms with Gasteiger partial charge in [0, 0.05) is 22.8 Å². The molecule has 1 aliphatic carbocycles. The second-order valence-corrected chi connectivity index (χ2v) is 8.75. The van der Waals surface area contributed by atoms with Crippen molar-refractivity contribution in [3.8, 4) is 0 Å². The molecule has 0 aromatic carbocycles. The summed E-state index contributed by atoms with van der Waals surface area (Å²) in [5.41, 5.74) is 0.613. The van der Waals surface area contributed by atoms with Crippen molar-refractivity contribution < 1.29 is 13.2 Å². The fourth-order valence-corrected chi connectivity index (χ4v) is 4.75. The third-order valence-electron chi connectivity index (χ3n) is 3.79. The normalized spacial score (nSPS) is 25.4. The van der Waals surface area contributed by atoms with Gasteiger partial charge < -0.3 is 9.88 Å². The number of amides is 1. The van der Waals surface area contributed by atoms with Crippen molar-refractivity contribution in [3.05, 3.63) is 22.4 Å². The molecule has 5 nitrogen and oxygen atoms in total. The number of nitrogens with zero attached hydrogens (tertiary/aromatic N) is 1. The molecule has 0 radical (unpaired) electrons. The Morgan fingerprint density at radius 3 is 2.75 bits per heavy atom. The molecular formula is C13H17BrN2O3S. The van der Waals surface area contributed by atoms with Crippen LogP contribution in [0.25, 0.3) is 0 Å². The Morgan fingerprint density at radius 1 is 1.35 bits per heavy atom. The molecule has 2 fully saturated rings. The predicted octanol–water partition coefficient (Wildman–Crippen LogP) is 1.89. The zero-order valence-electron chi connectivity index (χ0n) is 11.0. The summed E-state index contributed by atoms with van der Waals surface area (Å²) in [5, 5.41) is 2.87. The predicted molar refractivity (Wildman–Crippen MR) is 79.5 cm³/mol. The number of carbonyl (C=O) groups is 1. The Labute approximate surface area is 126 Å². The Kier molecular flexibility index (Phi) is 3.66. The van der Waals surface area contributed by atoms with E-state index in [1.807, 2.05) is 10.8 Å². The van der Waals surface area contributed by atoms with Gasteiger partial charge in [-0.15, -0.1) is 0 Å². The highest BCUT2D eigenvalue weighted by Crippen LogP contribution is 2.37. The summed E-state index contributed by atoms with van der Waals surface area (Å²) in [5.74, 6) is 0.123. The van der Waals surface area contributed by atoms with Gasteiger partial charge in [-0.1, -0.05) is 0 Å². The van der Waals surface area contributed by atoms with Crippen LogP contribution >= 0.6 is 15.9 Å². The molecule has 1 N–H and O–H groups in total. The number of rotatable bonds is 3. The second kappa shape index (κ2) is 5.18. The maximum atomic E-state index is 12.3. The largest absolute Gasteiger partial charge is 0.347 e. The minimum absolute atomic E-state index is 0.0596. The van der Waals surface area contributed by atoms with Gasteiger partial charge in [0.25, 0.3) is 5.91 Å². The first-order chi connectivity index (χ1) is 9.44. The average Bonchev–Trinajstić information content (AvgIpc) is 3.11. The van der Waals surface area contributed by atoms with Crippen molar-refractivity contribution in [1.29, 1.82) is 0 Å². The van der Waals surface area contributed by atoms with Crippen LogP contribution in [0.2, 0.25) is 0 Å². The third-order valence-corrected chi connectivity index (χ3v) is 6.04. The molecule has 110 valence electrons. The Balaban J connectivity index is 1.73. The molecule has 1 unspecified atom stereocenters. The number of nitrogens with one attached hydrogen (secondary N) is 1. The Morgan fingerprint density at radius 2 is 2.10 bits per heavy atom. The van der Waals surface area contributed by atoms with Crippen LogP contribution in [0, 0.1) is 0 Å². The minimum atomic E-state index is -3.00. The zero-order valence-corrected chi connectivity index (χ0v) is 13.4. The molecule has 1 saturated heterocycles. The number of aromatic nitrogens is 1. The molecule has 7 heteroatoms. The number of carbonyl (C=O) groups excluding carboxylic acids is 1. The number of sulfone groups is 1.